The van der Waals surface area contributed by atoms with Gasteiger partial charge in [0.2, 0.25) is 11.2 Å². The van der Waals surface area contributed by atoms with Crippen LogP contribution in [0, 0.1) is 0 Å². The maximum Gasteiger partial charge on any atom is 0.355 e. The van der Waals surface area contributed by atoms with Crippen molar-refractivity contribution in [2.24, 2.45) is 0 Å². The van der Waals surface area contributed by atoms with Gasteiger partial charge in [-0.15, -0.1) is 0 Å². The Labute approximate surface area is 422 Å². The van der Waals surface area contributed by atoms with Gasteiger partial charge in [-0.1, -0.05) is 50.2 Å². The second kappa shape index (κ2) is 20.1. The first-order valence-electron chi connectivity index (χ1n) is 24.8. The molecule has 0 bridgehead atoms. The summed E-state index contributed by atoms with van der Waals surface area (Å²) < 4.78 is 36.4. The number of pyridine rings is 4. The number of aliphatic hydroxyl groups excluding tert-OH is 1. The van der Waals surface area contributed by atoms with Gasteiger partial charge in [0.25, 0.3) is 11.1 Å². The minimum absolute atomic E-state index is 0.00214. The Balaban J connectivity index is 0.672. The van der Waals surface area contributed by atoms with E-state index in [1.54, 1.807) is 35.1 Å². The number of cyclic esters (lactones) is 2. The second-order valence-corrected chi connectivity index (χ2v) is 18.9. The number of fused-ring (bicyclic) bond motifs is 10. The number of hydrogen-bond acceptors (Lipinski definition) is 17. The molecule has 1 unspecified atom stereocenters. The minimum Gasteiger partial charge on any atom is -0.462 e. The van der Waals surface area contributed by atoms with Crippen molar-refractivity contribution in [3.05, 3.63) is 127 Å². The number of para-hydroxylation sites is 2. The highest BCUT2D eigenvalue weighted by Crippen LogP contribution is 2.43. The molecule has 0 amide bonds. The van der Waals surface area contributed by atoms with Crippen molar-refractivity contribution in [1.29, 1.82) is 0 Å². The van der Waals surface area contributed by atoms with Crippen LogP contribution in [0.2, 0.25) is 0 Å². The zero-order valence-electron chi connectivity index (χ0n) is 40.8. The number of hydrogen-bond donors (Lipinski definition) is 1. The lowest BCUT2D eigenvalue weighted by Crippen LogP contribution is -2.47. The van der Waals surface area contributed by atoms with Crippen LogP contribution in [0.15, 0.2) is 82.4 Å². The van der Waals surface area contributed by atoms with Crippen LogP contribution >= 0.6 is 0 Å². The Kier molecular flexibility index (Phi) is 13.4. The van der Waals surface area contributed by atoms with Crippen LogP contribution in [0.4, 0.5) is 0 Å². The lowest BCUT2D eigenvalue weighted by atomic mass is 9.85. The first-order chi connectivity index (χ1) is 35.8. The molecule has 2 aromatic carbocycles. The zero-order valence-corrected chi connectivity index (χ0v) is 40.8. The van der Waals surface area contributed by atoms with E-state index in [1.165, 1.54) is 0 Å². The van der Waals surface area contributed by atoms with E-state index in [0.29, 0.717) is 29.3 Å². The predicted molar refractivity (Wildman–Crippen MR) is 262 cm³/mol. The minimum atomic E-state index is -1.87. The van der Waals surface area contributed by atoms with Crippen LogP contribution in [0.1, 0.15) is 111 Å². The van der Waals surface area contributed by atoms with Crippen molar-refractivity contribution in [3.8, 4) is 22.8 Å². The summed E-state index contributed by atoms with van der Waals surface area (Å²) >= 11 is 0. The number of aliphatic hydroxyl groups is 1. The van der Waals surface area contributed by atoms with E-state index in [-0.39, 0.29) is 117 Å². The summed E-state index contributed by atoms with van der Waals surface area (Å²) in [5, 5.41) is 11.7. The van der Waals surface area contributed by atoms with Crippen LogP contribution < -0.4 is 11.1 Å². The number of aromatic nitrogens is 4. The van der Waals surface area contributed by atoms with Gasteiger partial charge in [0.15, 0.2) is 6.10 Å². The third kappa shape index (κ3) is 8.87. The van der Waals surface area contributed by atoms with Crippen LogP contribution in [-0.4, -0.2) is 79.3 Å². The van der Waals surface area contributed by atoms with Crippen molar-refractivity contribution in [1.82, 2.24) is 19.1 Å². The highest BCUT2D eigenvalue weighted by Gasteiger charge is 2.52. The van der Waals surface area contributed by atoms with Crippen LogP contribution in [0.5, 0.6) is 0 Å². The summed E-state index contributed by atoms with van der Waals surface area (Å²) in [6.07, 6.45) is -1.05. The Hall–Kier alpha value is -8.06. The molecule has 4 aromatic heterocycles. The number of rotatable bonds is 18. The van der Waals surface area contributed by atoms with E-state index in [1.807, 2.05) is 60.7 Å². The van der Waals surface area contributed by atoms with Crippen molar-refractivity contribution in [2.75, 3.05) is 13.2 Å². The molecule has 3 atom stereocenters. The molecule has 0 saturated carbocycles. The van der Waals surface area contributed by atoms with E-state index in [0.717, 1.165) is 32.9 Å². The summed E-state index contributed by atoms with van der Waals surface area (Å²) in [6, 6.07) is 22.5. The van der Waals surface area contributed by atoms with Gasteiger partial charge in [-0.05, 0) is 74.9 Å². The molecule has 1 N–H and O–H groups in total. The molecule has 0 radical (unpaired) electrons. The molecule has 19 nitrogen and oxygen atoms in total. The molecular weight excluding hydrogens is 957 g/mol. The normalized spacial score (nSPS) is 18.2. The summed E-state index contributed by atoms with van der Waals surface area (Å²) in [5.74, 6) is -4.44. The highest BCUT2D eigenvalue weighted by atomic mass is 16.6. The smallest absolute Gasteiger partial charge is 0.355 e. The lowest BCUT2D eigenvalue weighted by Gasteiger charge is -2.35. The molecule has 19 heteroatoms. The maximum absolute atomic E-state index is 13.8. The molecule has 74 heavy (non-hydrogen) atoms. The number of ether oxygens (including phenoxy) is 6. The van der Waals surface area contributed by atoms with Gasteiger partial charge in [-0.25, -0.2) is 19.6 Å². The molecule has 8 heterocycles. The van der Waals surface area contributed by atoms with E-state index < -0.39 is 66.3 Å². The van der Waals surface area contributed by atoms with E-state index in [9.17, 15) is 43.5 Å². The van der Waals surface area contributed by atoms with Crippen molar-refractivity contribution >= 4 is 57.6 Å². The number of carbonyl (C=O) groups is 6. The molecular formula is C55H52N4O15. The van der Waals surface area contributed by atoms with Crippen molar-refractivity contribution < 1.29 is 62.3 Å². The van der Waals surface area contributed by atoms with E-state index >= 15 is 0 Å². The SMILES string of the molecule is CC[C@]1(OC(=O)CCCCC(=O)OC(CO)COC(=O)CCCCC(=O)O[C@]2(CC)C(=O)OCc3c2cc2n(c3=O)Cc3cc4ccccc4nc3-2)C(=O)OCc2c1cc1n(c2=O)Cc2cc3ccccc3nc2-1. The molecule has 382 valence electrons. The third-order valence-electron chi connectivity index (χ3n) is 14.3. The topological polar surface area (TPSA) is 248 Å². The molecule has 10 rings (SSSR count). The van der Waals surface area contributed by atoms with E-state index in [4.69, 9.17) is 38.4 Å². The average Bonchev–Trinajstić information content (AvgIpc) is 3.97. The molecule has 0 fully saturated rings. The third-order valence-corrected chi connectivity index (χ3v) is 14.3. The Morgan fingerprint density at radius 1 is 0.622 bits per heavy atom. The molecule has 6 aromatic rings. The molecule has 4 aliphatic heterocycles. The number of unbranched alkanes of at least 4 members (excludes halogenated alkanes) is 2. The average molecular weight is 1010 g/mol. The molecule has 0 saturated heterocycles. The van der Waals surface area contributed by atoms with Gasteiger partial charge < -0.3 is 42.7 Å². The van der Waals surface area contributed by atoms with Crippen LogP contribution in [-0.2, 0) is 94.7 Å². The van der Waals surface area contributed by atoms with Crippen molar-refractivity contribution in [3.63, 3.8) is 0 Å². The summed E-state index contributed by atoms with van der Waals surface area (Å²) in [4.78, 5) is 116. The summed E-state index contributed by atoms with van der Waals surface area (Å²) in [7, 11) is 0. The fraction of sp³-hybridized carbons (Fsp3) is 0.382. The van der Waals surface area contributed by atoms with E-state index in [2.05, 4.69) is 0 Å². The van der Waals surface area contributed by atoms with Gasteiger partial charge in [-0.3, -0.25) is 28.8 Å². The largest absolute Gasteiger partial charge is 0.462 e. The van der Waals surface area contributed by atoms with Gasteiger partial charge >= 0.3 is 35.8 Å². The molecule has 0 aliphatic carbocycles. The van der Waals surface area contributed by atoms with Crippen molar-refractivity contribution in [2.45, 2.75) is 122 Å². The maximum atomic E-state index is 13.8. The first-order valence-corrected chi connectivity index (χ1v) is 24.8. The van der Waals surface area contributed by atoms with Crippen LogP contribution in [0.25, 0.3) is 44.6 Å². The fourth-order valence-electron chi connectivity index (χ4n) is 10.4. The number of nitrogens with zero attached hydrogens (tertiary/aromatic N) is 4. The number of carbonyl (C=O) groups excluding carboxylic acids is 6. The standard InChI is InChI=1S/C55H52N4O15/c1-3-54(38-23-42-48-33(21-31-13-5-7-15-40(31)56-48)25-58(42)50(65)36(38)29-70-52(54)67)73-46(63)19-11-9-17-44(61)69-28-35(27-60)72-45(62)18-10-12-20-47(64)74-55(4-2)39-24-43-49-34(22-32-14-6-8-16-41(32)57-49)26-59(43)51(66)37(39)30-71-53(55)68/h5-8,13-16,21-24,35,60H,3-4,9-12,17-20,25-30H2,1-2H3/t35?,54-,55+/m0/s1. The molecule has 4 aliphatic rings. The summed E-state index contributed by atoms with van der Waals surface area (Å²) in [6.45, 7) is 2.29. The zero-order chi connectivity index (χ0) is 51.9. The quantitative estimate of drug-likeness (QED) is 0.0602. The van der Waals surface area contributed by atoms with Gasteiger partial charge in [0.1, 0.15) is 19.8 Å². The fourth-order valence-corrected chi connectivity index (χ4v) is 10.4. The Bertz CT molecular complexity index is 3450. The summed E-state index contributed by atoms with van der Waals surface area (Å²) in [5.41, 5.74) is 1.90. The Morgan fingerprint density at radius 2 is 1.05 bits per heavy atom. The first kappa shape index (κ1) is 49.5. The van der Waals surface area contributed by atoms with Crippen LogP contribution in [0.3, 0.4) is 0 Å². The lowest BCUT2D eigenvalue weighted by molar-refractivity contribution is -0.189. The Morgan fingerprint density at radius 3 is 1.50 bits per heavy atom. The second-order valence-electron chi connectivity index (χ2n) is 18.9. The van der Waals surface area contributed by atoms with Gasteiger partial charge in [-0.2, -0.15) is 0 Å². The number of esters is 6. The predicted octanol–water partition coefficient (Wildman–Crippen LogP) is 5.84. The van der Waals surface area contributed by atoms with Gasteiger partial charge in [0, 0.05) is 58.7 Å². The van der Waals surface area contributed by atoms with Gasteiger partial charge in [0.05, 0.1) is 64.6 Å². The monoisotopic (exact) mass is 1010 g/mol. The highest BCUT2D eigenvalue weighted by molar-refractivity contribution is 5.90. The number of benzene rings is 2. The molecule has 0 spiro atoms.